The molecule has 0 atom stereocenters. The van der Waals surface area contributed by atoms with Crippen LogP contribution in [0.15, 0.2) is 17.5 Å². The molecule has 0 bridgehead atoms. The molecular formula is C17H20N2O2S2. The Morgan fingerprint density at radius 1 is 1.22 bits per heavy atom. The van der Waals surface area contributed by atoms with Crippen molar-refractivity contribution in [2.45, 2.75) is 39.0 Å². The van der Waals surface area contributed by atoms with E-state index in [1.54, 1.807) is 17.4 Å². The number of carbonyl (C=O) groups excluding carboxylic acids is 2. The molecule has 0 aromatic carbocycles. The second-order valence-corrected chi connectivity index (χ2v) is 7.66. The van der Waals surface area contributed by atoms with Gasteiger partial charge in [-0.05, 0) is 49.1 Å². The first-order valence-electron chi connectivity index (χ1n) is 7.98. The third kappa shape index (κ3) is 3.48. The van der Waals surface area contributed by atoms with E-state index in [0.29, 0.717) is 22.0 Å². The zero-order chi connectivity index (χ0) is 16.2. The van der Waals surface area contributed by atoms with E-state index in [-0.39, 0.29) is 11.8 Å². The first-order valence-corrected chi connectivity index (χ1v) is 9.68. The normalized spacial score (nSPS) is 13.4. The van der Waals surface area contributed by atoms with Crippen molar-refractivity contribution in [1.29, 1.82) is 0 Å². The van der Waals surface area contributed by atoms with E-state index in [9.17, 15) is 9.59 Å². The zero-order valence-corrected chi connectivity index (χ0v) is 14.7. The number of fused-ring (bicyclic) bond motifs is 1. The Balaban J connectivity index is 1.90. The van der Waals surface area contributed by atoms with E-state index >= 15 is 0 Å². The van der Waals surface area contributed by atoms with Crippen molar-refractivity contribution >= 4 is 39.5 Å². The first kappa shape index (κ1) is 16.2. The zero-order valence-electron chi connectivity index (χ0n) is 13.1. The number of carbonyl (C=O) groups is 2. The van der Waals surface area contributed by atoms with Crippen molar-refractivity contribution in [2.75, 3.05) is 11.9 Å². The Hall–Kier alpha value is -1.66. The van der Waals surface area contributed by atoms with E-state index in [1.165, 1.54) is 16.2 Å². The lowest BCUT2D eigenvalue weighted by Gasteiger charge is -2.13. The number of hydrogen-bond acceptors (Lipinski definition) is 4. The van der Waals surface area contributed by atoms with Crippen molar-refractivity contribution in [1.82, 2.24) is 5.32 Å². The van der Waals surface area contributed by atoms with Crippen LogP contribution in [0.5, 0.6) is 0 Å². The maximum atomic E-state index is 12.6. The lowest BCUT2D eigenvalue weighted by atomic mass is 9.95. The molecule has 23 heavy (non-hydrogen) atoms. The van der Waals surface area contributed by atoms with Crippen LogP contribution >= 0.6 is 22.7 Å². The van der Waals surface area contributed by atoms with Crippen LogP contribution in [0, 0.1) is 0 Å². The van der Waals surface area contributed by atoms with Gasteiger partial charge in [-0.2, -0.15) is 0 Å². The summed E-state index contributed by atoms with van der Waals surface area (Å²) in [6.07, 6.45) is 5.09. The molecule has 2 heterocycles. The van der Waals surface area contributed by atoms with E-state index < -0.39 is 0 Å². The minimum Gasteiger partial charge on any atom is -0.352 e. The quantitative estimate of drug-likeness (QED) is 0.855. The summed E-state index contributed by atoms with van der Waals surface area (Å²) in [5.41, 5.74) is 1.82. The Labute approximate surface area is 143 Å². The van der Waals surface area contributed by atoms with Crippen LogP contribution in [0.3, 0.4) is 0 Å². The van der Waals surface area contributed by atoms with Crippen LogP contribution in [0.25, 0.3) is 0 Å². The lowest BCUT2D eigenvalue weighted by molar-refractivity contribution is 0.0954. The third-order valence-electron chi connectivity index (χ3n) is 3.91. The van der Waals surface area contributed by atoms with E-state index in [1.807, 2.05) is 18.4 Å². The number of hydrogen-bond donors (Lipinski definition) is 2. The van der Waals surface area contributed by atoms with Crippen molar-refractivity contribution < 1.29 is 9.59 Å². The molecule has 3 rings (SSSR count). The standard InChI is InChI=1S/C17H20N2O2S2/c1-2-9-18-16(21)14-11-6-3-4-7-12(11)23-17(14)19-15(20)13-8-5-10-22-13/h5,8,10H,2-4,6-7,9H2,1H3,(H,18,21)(H,19,20). The van der Waals surface area contributed by atoms with Gasteiger partial charge >= 0.3 is 0 Å². The third-order valence-corrected chi connectivity index (χ3v) is 5.98. The molecule has 0 saturated heterocycles. The Morgan fingerprint density at radius 2 is 2.04 bits per heavy atom. The molecule has 6 heteroatoms. The van der Waals surface area contributed by atoms with Gasteiger partial charge in [0.15, 0.2) is 0 Å². The summed E-state index contributed by atoms with van der Waals surface area (Å²) < 4.78 is 0. The topological polar surface area (TPSA) is 58.2 Å². The molecule has 2 N–H and O–H groups in total. The molecule has 1 aliphatic rings. The highest BCUT2D eigenvalue weighted by Crippen LogP contribution is 2.38. The summed E-state index contributed by atoms with van der Waals surface area (Å²) in [6.45, 7) is 2.69. The van der Waals surface area contributed by atoms with E-state index in [2.05, 4.69) is 10.6 Å². The Morgan fingerprint density at radius 3 is 2.78 bits per heavy atom. The maximum absolute atomic E-state index is 12.6. The monoisotopic (exact) mass is 348 g/mol. The minimum absolute atomic E-state index is 0.0623. The number of aryl methyl sites for hydroxylation is 1. The van der Waals surface area contributed by atoms with Gasteiger partial charge in [0.1, 0.15) is 5.00 Å². The molecule has 0 fully saturated rings. The molecule has 122 valence electrons. The lowest BCUT2D eigenvalue weighted by Crippen LogP contribution is -2.26. The Bertz CT molecular complexity index is 705. The molecule has 0 saturated carbocycles. The highest BCUT2D eigenvalue weighted by Gasteiger charge is 2.26. The van der Waals surface area contributed by atoms with Gasteiger partial charge in [0.2, 0.25) is 0 Å². The average Bonchev–Trinajstić information content (AvgIpc) is 3.19. The Kier molecular flexibility index (Phi) is 5.13. The van der Waals surface area contributed by atoms with Gasteiger partial charge < -0.3 is 10.6 Å². The van der Waals surface area contributed by atoms with Gasteiger partial charge in [-0.1, -0.05) is 13.0 Å². The first-order chi connectivity index (χ1) is 11.2. The second-order valence-electron chi connectivity index (χ2n) is 5.60. The summed E-state index contributed by atoms with van der Waals surface area (Å²) in [4.78, 5) is 26.8. The van der Waals surface area contributed by atoms with Crippen molar-refractivity contribution in [3.8, 4) is 0 Å². The largest absolute Gasteiger partial charge is 0.352 e. The van der Waals surface area contributed by atoms with E-state index in [0.717, 1.165) is 37.7 Å². The smallest absolute Gasteiger partial charge is 0.266 e. The SMILES string of the molecule is CCCNC(=O)c1c(NC(=O)c2cccs2)sc2c1CCCC2. The van der Waals surface area contributed by atoms with Gasteiger partial charge in [-0.15, -0.1) is 22.7 Å². The fraction of sp³-hybridized carbons (Fsp3) is 0.412. The molecule has 0 unspecified atom stereocenters. The average molecular weight is 348 g/mol. The number of rotatable bonds is 5. The molecular weight excluding hydrogens is 328 g/mol. The van der Waals surface area contributed by atoms with Gasteiger partial charge in [0, 0.05) is 11.4 Å². The van der Waals surface area contributed by atoms with Gasteiger partial charge in [0.25, 0.3) is 11.8 Å². The van der Waals surface area contributed by atoms with Crippen molar-refractivity contribution in [3.63, 3.8) is 0 Å². The molecule has 1 aliphatic carbocycles. The number of nitrogens with one attached hydrogen (secondary N) is 2. The molecule has 2 amide bonds. The van der Waals surface area contributed by atoms with Crippen molar-refractivity contribution in [3.05, 3.63) is 38.4 Å². The van der Waals surface area contributed by atoms with Gasteiger partial charge in [-0.25, -0.2) is 0 Å². The van der Waals surface area contributed by atoms with E-state index in [4.69, 9.17) is 0 Å². The van der Waals surface area contributed by atoms with Crippen LogP contribution in [0.4, 0.5) is 5.00 Å². The molecule has 4 nitrogen and oxygen atoms in total. The summed E-state index contributed by atoms with van der Waals surface area (Å²) >= 11 is 2.97. The minimum atomic E-state index is -0.136. The predicted octanol–water partition coefficient (Wildman–Crippen LogP) is 4.08. The summed E-state index contributed by atoms with van der Waals surface area (Å²) in [6, 6.07) is 3.65. The maximum Gasteiger partial charge on any atom is 0.266 e. The molecule has 2 aromatic heterocycles. The fourth-order valence-corrected chi connectivity index (χ4v) is 4.69. The van der Waals surface area contributed by atoms with Crippen LogP contribution in [0.2, 0.25) is 0 Å². The van der Waals surface area contributed by atoms with Crippen LogP contribution in [-0.2, 0) is 12.8 Å². The molecule has 0 spiro atoms. The molecule has 2 aromatic rings. The fourth-order valence-electron chi connectivity index (χ4n) is 2.79. The number of amides is 2. The summed E-state index contributed by atoms with van der Waals surface area (Å²) in [5, 5.41) is 8.49. The molecule has 0 radical (unpaired) electrons. The van der Waals surface area contributed by atoms with Crippen molar-refractivity contribution in [2.24, 2.45) is 0 Å². The summed E-state index contributed by atoms with van der Waals surface area (Å²) in [7, 11) is 0. The van der Waals surface area contributed by atoms with Crippen LogP contribution < -0.4 is 10.6 Å². The summed E-state index contributed by atoms with van der Waals surface area (Å²) in [5.74, 6) is -0.198. The number of thiophene rings is 2. The predicted molar refractivity (Wildman–Crippen MR) is 95.9 cm³/mol. The highest BCUT2D eigenvalue weighted by atomic mass is 32.1. The highest BCUT2D eigenvalue weighted by molar-refractivity contribution is 7.17. The van der Waals surface area contributed by atoms with Crippen LogP contribution in [-0.4, -0.2) is 18.4 Å². The second kappa shape index (κ2) is 7.27. The van der Waals surface area contributed by atoms with Gasteiger partial charge in [-0.3, -0.25) is 9.59 Å². The van der Waals surface area contributed by atoms with Gasteiger partial charge in [0.05, 0.1) is 10.4 Å². The number of anilines is 1. The van der Waals surface area contributed by atoms with Crippen LogP contribution in [0.1, 0.15) is 56.7 Å². The molecule has 0 aliphatic heterocycles.